The second kappa shape index (κ2) is 11.6. The average molecular weight is 541 g/mol. The molecule has 0 heterocycles. The highest BCUT2D eigenvalue weighted by atomic mass is 79.9. The van der Waals surface area contributed by atoms with Gasteiger partial charge in [0.2, 0.25) is 0 Å². The van der Waals surface area contributed by atoms with Crippen LogP contribution in [0.25, 0.3) is 16.8 Å². The van der Waals surface area contributed by atoms with Crippen molar-refractivity contribution in [3.63, 3.8) is 0 Å². The van der Waals surface area contributed by atoms with Gasteiger partial charge in [0.25, 0.3) is 5.91 Å². The van der Waals surface area contributed by atoms with Crippen LogP contribution in [0.2, 0.25) is 0 Å². The lowest BCUT2D eigenvalue weighted by Gasteiger charge is -2.15. The van der Waals surface area contributed by atoms with Gasteiger partial charge in [-0.15, -0.1) is 0 Å². The van der Waals surface area contributed by atoms with Crippen molar-refractivity contribution < 1.29 is 14.3 Å². The van der Waals surface area contributed by atoms with Crippen molar-refractivity contribution in [2.45, 2.75) is 19.6 Å². The van der Waals surface area contributed by atoms with E-state index in [0.717, 1.165) is 16.5 Å². The highest BCUT2D eigenvalue weighted by Gasteiger charge is 2.16. The standard InChI is InChI=1S/C30H25BrN2O3/c1-20(23-8-4-3-5-9-23)33-30(34)26(18-32)15-22-16-27(31)29(28(17-22)35-2)36-19-21-12-13-24-10-6-7-11-25(24)14-21/h3-17,20H,19H2,1-2H3,(H,33,34)/b26-15-/t20-/m0/s1. The normalized spacial score (nSPS) is 12.0. The van der Waals surface area contributed by atoms with Crippen molar-refractivity contribution in [2.24, 2.45) is 0 Å². The summed E-state index contributed by atoms with van der Waals surface area (Å²) in [6.45, 7) is 2.24. The van der Waals surface area contributed by atoms with E-state index in [4.69, 9.17) is 9.47 Å². The third-order valence-electron chi connectivity index (χ3n) is 5.77. The first-order chi connectivity index (χ1) is 17.5. The summed E-state index contributed by atoms with van der Waals surface area (Å²) in [6.07, 6.45) is 1.54. The third-order valence-corrected chi connectivity index (χ3v) is 6.36. The number of nitrogens with one attached hydrogen (secondary N) is 1. The van der Waals surface area contributed by atoms with Crippen molar-refractivity contribution >= 4 is 38.7 Å². The molecule has 0 radical (unpaired) electrons. The Morgan fingerprint density at radius 2 is 1.75 bits per heavy atom. The van der Waals surface area contributed by atoms with E-state index >= 15 is 0 Å². The monoisotopic (exact) mass is 540 g/mol. The smallest absolute Gasteiger partial charge is 0.262 e. The van der Waals surface area contributed by atoms with Gasteiger partial charge in [-0.2, -0.15) is 5.26 Å². The number of methoxy groups -OCH3 is 1. The Hall–Kier alpha value is -4.08. The van der Waals surface area contributed by atoms with Gasteiger partial charge < -0.3 is 14.8 Å². The van der Waals surface area contributed by atoms with Crippen LogP contribution in [0.15, 0.2) is 95.0 Å². The molecule has 0 saturated carbocycles. The van der Waals surface area contributed by atoms with Gasteiger partial charge in [0.1, 0.15) is 18.2 Å². The van der Waals surface area contributed by atoms with Gasteiger partial charge >= 0.3 is 0 Å². The number of nitriles is 1. The van der Waals surface area contributed by atoms with Gasteiger partial charge in [0.05, 0.1) is 17.6 Å². The summed E-state index contributed by atoms with van der Waals surface area (Å²) in [7, 11) is 1.55. The molecule has 1 atom stereocenters. The molecule has 0 aliphatic carbocycles. The summed E-state index contributed by atoms with van der Waals surface area (Å²) in [6, 6.07) is 29.3. The van der Waals surface area contributed by atoms with E-state index < -0.39 is 5.91 Å². The predicted octanol–water partition coefficient (Wildman–Crippen LogP) is 6.97. The Morgan fingerprint density at radius 1 is 1.03 bits per heavy atom. The first-order valence-corrected chi connectivity index (χ1v) is 12.2. The molecule has 4 aromatic rings. The first-order valence-electron chi connectivity index (χ1n) is 11.4. The van der Waals surface area contributed by atoms with Crippen molar-refractivity contribution in [2.75, 3.05) is 7.11 Å². The van der Waals surface area contributed by atoms with Crippen molar-refractivity contribution in [3.8, 4) is 17.6 Å². The minimum Gasteiger partial charge on any atom is -0.493 e. The van der Waals surface area contributed by atoms with Crippen molar-refractivity contribution in [1.82, 2.24) is 5.32 Å². The molecule has 1 amide bonds. The highest BCUT2D eigenvalue weighted by molar-refractivity contribution is 9.10. The highest BCUT2D eigenvalue weighted by Crippen LogP contribution is 2.38. The summed E-state index contributed by atoms with van der Waals surface area (Å²) in [4.78, 5) is 12.8. The first kappa shape index (κ1) is 25.0. The number of hydrogen-bond acceptors (Lipinski definition) is 4. The van der Waals surface area contributed by atoms with Gasteiger partial charge in [0.15, 0.2) is 11.5 Å². The third kappa shape index (κ3) is 5.94. The molecule has 0 aliphatic rings. The second-order valence-electron chi connectivity index (χ2n) is 8.28. The lowest BCUT2D eigenvalue weighted by atomic mass is 10.1. The van der Waals surface area contributed by atoms with Crippen LogP contribution < -0.4 is 14.8 Å². The molecule has 6 heteroatoms. The van der Waals surface area contributed by atoms with Crippen LogP contribution in [0, 0.1) is 11.3 Å². The minimum atomic E-state index is -0.444. The van der Waals surface area contributed by atoms with E-state index in [1.165, 1.54) is 11.5 Å². The molecule has 5 nitrogen and oxygen atoms in total. The number of hydrogen-bond donors (Lipinski definition) is 1. The number of benzene rings is 4. The predicted molar refractivity (Wildman–Crippen MR) is 146 cm³/mol. The van der Waals surface area contributed by atoms with Crippen molar-refractivity contribution in [1.29, 1.82) is 5.26 Å². The van der Waals surface area contributed by atoms with E-state index in [1.54, 1.807) is 19.2 Å². The number of nitrogens with zero attached hydrogens (tertiary/aromatic N) is 1. The number of halogens is 1. The second-order valence-corrected chi connectivity index (χ2v) is 9.13. The van der Waals surface area contributed by atoms with E-state index in [9.17, 15) is 10.1 Å². The number of ether oxygens (including phenoxy) is 2. The molecule has 0 aromatic heterocycles. The van der Waals surface area contributed by atoms with Crippen LogP contribution in [0.4, 0.5) is 0 Å². The number of fused-ring (bicyclic) bond motifs is 1. The molecule has 0 bridgehead atoms. The zero-order valence-corrected chi connectivity index (χ0v) is 21.6. The van der Waals surface area contributed by atoms with Crippen LogP contribution in [-0.4, -0.2) is 13.0 Å². The molecule has 0 fully saturated rings. The molecule has 0 aliphatic heterocycles. The summed E-state index contributed by atoms with van der Waals surface area (Å²) >= 11 is 3.55. The Kier molecular flexibility index (Phi) is 8.04. The topological polar surface area (TPSA) is 71.3 Å². The number of rotatable bonds is 8. The molecule has 36 heavy (non-hydrogen) atoms. The molecular weight excluding hydrogens is 516 g/mol. The molecule has 1 N–H and O–H groups in total. The zero-order chi connectivity index (χ0) is 25.5. The quantitative estimate of drug-likeness (QED) is 0.193. The zero-order valence-electron chi connectivity index (χ0n) is 20.0. The van der Waals surface area contributed by atoms with Crippen molar-refractivity contribution in [3.05, 3.63) is 112 Å². The molecule has 0 spiro atoms. The SMILES string of the molecule is COc1cc(/C=C(/C#N)C(=O)N[C@@H](C)c2ccccc2)cc(Br)c1OCc1ccc2ccccc2c1. The maximum absolute atomic E-state index is 12.8. The van der Waals surface area contributed by atoms with Crippen LogP contribution in [0.5, 0.6) is 11.5 Å². The Balaban J connectivity index is 1.51. The lowest BCUT2D eigenvalue weighted by molar-refractivity contribution is -0.117. The largest absolute Gasteiger partial charge is 0.493 e. The lowest BCUT2D eigenvalue weighted by Crippen LogP contribution is -2.27. The maximum atomic E-state index is 12.8. The molecule has 0 saturated heterocycles. The fraction of sp³-hybridized carbons (Fsp3) is 0.133. The molecule has 4 aromatic carbocycles. The van der Waals surface area contributed by atoms with Crippen LogP contribution in [0.3, 0.4) is 0 Å². The summed E-state index contributed by atoms with van der Waals surface area (Å²) in [5.74, 6) is 0.593. The van der Waals surface area contributed by atoms with Gasteiger partial charge in [-0.05, 0) is 74.6 Å². The van der Waals surface area contributed by atoms with E-state index in [1.807, 2.05) is 61.5 Å². The molecule has 4 rings (SSSR count). The van der Waals surface area contributed by atoms with Gasteiger partial charge in [-0.1, -0.05) is 66.7 Å². The van der Waals surface area contributed by atoms with Crippen LogP contribution in [0.1, 0.15) is 29.7 Å². The maximum Gasteiger partial charge on any atom is 0.262 e. The fourth-order valence-electron chi connectivity index (χ4n) is 3.86. The van der Waals surface area contributed by atoms with Gasteiger partial charge in [-0.25, -0.2) is 0 Å². The molecular formula is C30H25BrN2O3. The average Bonchev–Trinajstić information content (AvgIpc) is 2.91. The van der Waals surface area contributed by atoms with E-state index in [0.29, 0.717) is 28.1 Å². The fourth-order valence-corrected chi connectivity index (χ4v) is 4.44. The number of carbonyl (C=O) groups excluding carboxylic acids is 1. The summed E-state index contributed by atoms with van der Waals surface area (Å²) in [5.41, 5.74) is 2.62. The van der Waals surface area contributed by atoms with Crippen LogP contribution in [-0.2, 0) is 11.4 Å². The van der Waals surface area contributed by atoms with Crippen LogP contribution >= 0.6 is 15.9 Å². The number of amides is 1. The Morgan fingerprint density at radius 3 is 2.47 bits per heavy atom. The van der Waals surface area contributed by atoms with Gasteiger partial charge in [0, 0.05) is 0 Å². The Labute approximate surface area is 219 Å². The number of carbonyl (C=O) groups is 1. The van der Waals surface area contributed by atoms with Gasteiger partial charge in [-0.3, -0.25) is 4.79 Å². The van der Waals surface area contributed by atoms with E-state index in [-0.39, 0.29) is 11.6 Å². The molecule has 0 unspecified atom stereocenters. The summed E-state index contributed by atoms with van der Waals surface area (Å²) < 4.78 is 12.3. The Bertz CT molecular complexity index is 1460. The minimum absolute atomic E-state index is 0.00318. The van der Waals surface area contributed by atoms with E-state index in [2.05, 4.69) is 45.5 Å². The molecule has 180 valence electrons. The summed E-state index contributed by atoms with van der Waals surface area (Å²) in [5, 5.41) is 14.8.